The van der Waals surface area contributed by atoms with Gasteiger partial charge in [-0.05, 0) is 74.3 Å². The van der Waals surface area contributed by atoms with Crippen LogP contribution in [0.3, 0.4) is 0 Å². The summed E-state index contributed by atoms with van der Waals surface area (Å²) in [5.74, 6) is 0.886. The molecule has 1 N–H and O–H groups in total. The van der Waals surface area contributed by atoms with Gasteiger partial charge >= 0.3 is 0 Å². The Labute approximate surface area is 187 Å². The quantitative estimate of drug-likeness (QED) is 0.675. The van der Waals surface area contributed by atoms with E-state index in [4.69, 9.17) is 11.6 Å². The number of fused-ring (bicyclic) bond motifs is 2. The summed E-state index contributed by atoms with van der Waals surface area (Å²) in [7, 11) is 0. The third-order valence-electron chi connectivity index (χ3n) is 7.18. The number of nitriles is 1. The Balaban J connectivity index is 1.39. The lowest BCUT2D eigenvalue weighted by molar-refractivity contribution is -0.117. The van der Waals surface area contributed by atoms with Gasteiger partial charge in [0.2, 0.25) is 0 Å². The number of allylic oxidation sites excluding steroid dienone is 3. The number of amides is 1. The lowest BCUT2D eigenvalue weighted by Crippen LogP contribution is -2.46. The van der Waals surface area contributed by atoms with Crippen molar-refractivity contribution < 1.29 is 4.79 Å². The molecule has 0 atom stereocenters. The first-order valence-corrected chi connectivity index (χ1v) is 11.3. The van der Waals surface area contributed by atoms with Gasteiger partial charge in [-0.1, -0.05) is 18.2 Å². The topological polar surface area (TPSA) is 68.5 Å². The second-order valence-electron chi connectivity index (χ2n) is 8.92. The largest absolute Gasteiger partial charge is 0.358 e. The molecule has 158 valence electrons. The SMILES string of the molecule is C=C1C=C(N2CCC3(CC=Nc4cc(C#N)cc(Cl)c43)CC2)NC(=O)C2=C1CCCC2. The van der Waals surface area contributed by atoms with Crippen LogP contribution in [-0.2, 0) is 10.2 Å². The normalized spacial score (nSPS) is 22.3. The molecule has 1 amide bonds. The molecule has 1 spiro atoms. The number of hydrogen-bond donors (Lipinski definition) is 1. The van der Waals surface area contributed by atoms with Gasteiger partial charge in [-0.15, -0.1) is 0 Å². The summed E-state index contributed by atoms with van der Waals surface area (Å²) in [6.45, 7) is 5.89. The van der Waals surface area contributed by atoms with Gasteiger partial charge in [-0.3, -0.25) is 9.79 Å². The van der Waals surface area contributed by atoms with E-state index in [1.807, 2.05) is 18.4 Å². The van der Waals surface area contributed by atoms with Gasteiger partial charge in [-0.2, -0.15) is 5.26 Å². The van der Waals surface area contributed by atoms with Crippen molar-refractivity contribution in [2.45, 2.75) is 50.4 Å². The lowest BCUT2D eigenvalue weighted by atomic mass is 9.69. The zero-order valence-corrected chi connectivity index (χ0v) is 18.3. The molecule has 1 aromatic carbocycles. The van der Waals surface area contributed by atoms with Crippen molar-refractivity contribution in [3.8, 4) is 6.07 Å². The van der Waals surface area contributed by atoms with E-state index in [9.17, 15) is 10.1 Å². The van der Waals surface area contributed by atoms with Crippen LogP contribution in [0.15, 0.2) is 52.3 Å². The molecule has 5 nitrogen and oxygen atoms in total. The van der Waals surface area contributed by atoms with E-state index in [0.29, 0.717) is 10.6 Å². The van der Waals surface area contributed by atoms with Crippen LogP contribution in [0.1, 0.15) is 56.1 Å². The van der Waals surface area contributed by atoms with Crippen LogP contribution >= 0.6 is 11.6 Å². The number of rotatable bonds is 1. The van der Waals surface area contributed by atoms with E-state index in [1.54, 1.807) is 6.07 Å². The summed E-state index contributed by atoms with van der Waals surface area (Å²) in [6, 6.07) is 5.75. The van der Waals surface area contributed by atoms with Gasteiger partial charge in [0.05, 0.1) is 17.3 Å². The monoisotopic (exact) mass is 432 g/mol. The summed E-state index contributed by atoms with van der Waals surface area (Å²) >= 11 is 6.64. The molecule has 1 aliphatic carbocycles. The van der Waals surface area contributed by atoms with Gasteiger partial charge in [0.25, 0.3) is 5.91 Å². The zero-order chi connectivity index (χ0) is 21.6. The van der Waals surface area contributed by atoms with Crippen LogP contribution in [0.25, 0.3) is 0 Å². The van der Waals surface area contributed by atoms with Crippen LogP contribution < -0.4 is 5.32 Å². The minimum absolute atomic E-state index is 0.0297. The molecule has 0 bridgehead atoms. The maximum absolute atomic E-state index is 12.9. The third kappa shape index (κ3) is 3.40. The lowest BCUT2D eigenvalue weighted by Gasteiger charge is -2.45. The van der Waals surface area contributed by atoms with Gasteiger partial charge in [0.1, 0.15) is 5.82 Å². The van der Waals surface area contributed by atoms with Crippen molar-refractivity contribution in [2.24, 2.45) is 4.99 Å². The summed E-state index contributed by atoms with van der Waals surface area (Å²) in [5.41, 5.74) is 5.34. The fourth-order valence-corrected chi connectivity index (χ4v) is 5.91. The fraction of sp³-hybridized carbons (Fsp3) is 0.400. The third-order valence-corrected chi connectivity index (χ3v) is 7.48. The highest BCUT2D eigenvalue weighted by molar-refractivity contribution is 6.32. The highest BCUT2D eigenvalue weighted by Gasteiger charge is 2.41. The molecule has 6 heteroatoms. The molecule has 0 radical (unpaired) electrons. The molecule has 1 saturated heterocycles. The first-order chi connectivity index (χ1) is 15.0. The number of hydrogen-bond acceptors (Lipinski definition) is 4. The minimum Gasteiger partial charge on any atom is -0.358 e. The predicted molar refractivity (Wildman–Crippen MR) is 122 cm³/mol. The smallest absolute Gasteiger partial charge is 0.252 e. The van der Waals surface area contributed by atoms with E-state index in [0.717, 1.165) is 91.8 Å². The van der Waals surface area contributed by atoms with E-state index < -0.39 is 0 Å². The van der Waals surface area contributed by atoms with Crippen molar-refractivity contribution in [1.29, 1.82) is 5.26 Å². The molecule has 0 aromatic heterocycles. The summed E-state index contributed by atoms with van der Waals surface area (Å²) in [6.07, 6.45) is 10.6. The van der Waals surface area contributed by atoms with Crippen LogP contribution in [0.4, 0.5) is 5.69 Å². The van der Waals surface area contributed by atoms with Gasteiger partial charge in [0, 0.05) is 40.9 Å². The maximum atomic E-state index is 12.9. The second-order valence-corrected chi connectivity index (χ2v) is 9.33. The Bertz CT molecular complexity index is 1110. The summed E-state index contributed by atoms with van der Waals surface area (Å²) in [4.78, 5) is 19.7. The Morgan fingerprint density at radius 1 is 1.19 bits per heavy atom. The van der Waals surface area contributed by atoms with E-state index in [-0.39, 0.29) is 11.3 Å². The van der Waals surface area contributed by atoms with Crippen molar-refractivity contribution in [3.05, 3.63) is 63.5 Å². The number of nitrogens with one attached hydrogen (secondary N) is 1. The molecular weight excluding hydrogens is 408 g/mol. The Kier molecular flexibility index (Phi) is 4.98. The number of carbonyl (C=O) groups excluding carboxylic acids is 1. The van der Waals surface area contributed by atoms with Crippen molar-refractivity contribution in [2.75, 3.05) is 13.1 Å². The molecule has 0 unspecified atom stereocenters. The molecule has 1 fully saturated rings. The molecule has 5 rings (SSSR count). The molecule has 31 heavy (non-hydrogen) atoms. The number of halogens is 1. The number of aliphatic imine (C=N–C) groups is 1. The average molecular weight is 433 g/mol. The number of piperidine rings is 1. The Morgan fingerprint density at radius 2 is 1.94 bits per heavy atom. The summed E-state index contributed by atoms with van der Waals surface area (Å²) < 4.78 is 0. The Morgan fingerprint density at radius 3 is 2.68 bits per heavy atom. The maximum Gasteiger partial charge on any atom is 0.252 e. The first-order valence-electron chi connectivity index (χ1n) is 11.0. The number of benzene rings is 1. The van der Waals surface area contributed by atoms with Crippen LogP contribution in [-0.4, -0.2) is 30.1 Å². The molecule has 3 aliphatic heterocycles. The van der Waals surface area contributed by atoms with Crippen LogP contribution in [0, 0.1) is 11.3 Å². The highest BCUT2D eigenvalue weighted by atomic mass is 35.5. The minimum atomic E-state index is -0.0809. The zero-order valence-electron chi connectivity index (χ0n) is 17.5. The molecule has 0 saturated carbocycles. The fourth-order valence-electron chi connectivity index (χ4n) is 5.49. The van der Waals surface area contributed by atoms with Crippen LogP contribution in [0.2, 0.25) is 5.02 Å². The Hall–Kier alpha value is -2.84. The first kappa shape index (κ1) is 20.1. The molecule has 4 aliphatic rings. The van der Waals surface area contributed by atoms with Crippen LogP contribution in [0.5, 0.6) is 0 Å². The van der Waals surface area contributed by atoms with E-state index >= 15 is 0 Å². The molecule has 3 heterocycles. The predicted octanol–water partition coefficient (Wildman–Crippen LogP) is 5.05. The van der Waals surface area contributed by atoms with Crippen molar-refractivity contribution in [1.82, 2.24) is 10.2 Å². The van der Waals surface area contributed by atoms with E-state index in [1.165, 1.54) is 0 Å². The number of carbonyl (C=O) groups is 1. The average Bonchev–Trinajstić information content (AvgIpc) is 2.90. The molecule has 1 aromatic rings. The summed E-state index contributed by atoms with van der Waals surface area (Å²) in [5, 5.41) is 13.1. The van der Waals surface area contributed by atoms with Crippen molar-refractivity contribution >= 4 is 29.4 Å². The number of nitrogens with zero attached hydrogens (tertiary/aromatic N) is 3. The number of likely N-dealkylation sites (tertiary alicyclic amines) is 1. The van der Waals surface area contributed by atoms with Gasteiger partial charge < -0.3 is 10.2 Å². The standard InChI is InChI=1S/C25H25ClN4O/c1-16-12-22(29-24(31)19-5-3-2-4-18(16)19)30-10-7-25(8-11-30)6-9-28-21-14-17(15-27)13-20(26)23(21)25/h9,12-14H,1-8,10-11H2,(H,29,31). The van der Waals surface area contributed by atoms with Crippen molar-refractivity contribution in [3.63, 3.8) is 0 Å². The molecular formula is C25H25ClN4O. The highest BCUT2D eigenvalue weighted by Crippen LogP contribution is 2.49. The van der Waals surface area contributed by atoms with Gasteiger partial charge in [0.15, 0.2) is 0 Å². The van der Waals surface area contributed by atoms with Gasteiger partial charge in [-0.25, -0.2) is 0 Å². The second kappa shape index (κ2) is 7.69. The van der Waals surface area contributed by atoms with E-state index in [2.05, 4.69) is 27.9 Å².